The molecule has 1 aromatic carbocycles. The molecule has 0 unspecified atom stereocenters. The molecule has 0 bridgehead atoms. The molecule has 1 aliphatic rings. The van der Waals surface area contributed by atoms with Crippen LogP contribution < -0.4 is 15.8 Å². The SMILES string of the molecule is CC1(CNCc2ccc(OCC(N)=O)cc2)CCCCC1. The highest BCUT2D eigenvalue weighted by atomic mass is 16.5. The molecule has 116 valence electrons. The number of ether oxygens (including phenoxy) is 1. The van der Waals surface area contributed by atoms with Crippen LogP contribution in [-0.2, 0) is 11.3 Å². The first-order valence-corrected chi connectivity index (χ1v) is 7.78. The van der Waals surface area contributed by atoms with E-state index in [9.17, 15) is 4.79 Å². The predicted molar refractivity (Wildman–Crippen MR) is 84.0 cm³/mol. The first-order chi connectivity index (χ1) is 10.1. The van der Waals surface area contributed by atoms with Crippen LogP contribution in [0.2, 0.25) is 0 Å². The van der Waals surface area contributed by atoms with E-state index in [1.807, 2.05) is 24.3 Å². The molecule has 2 rings (SSSR count). The van der Waals surface area contributed by atoms with Crippen LogP contribution in [0.3, 0.4) is 0 Å². The average Bonchev–Trinajstić information content (AvgIpc) is 2.47. The van der Waals surface area contributed by atoms with E-state index in [-0.39, 0.29) is 6.61 Å². The number of nitrogens with two attached hydrogens (primary N) is 1. The molecule has 0 heterocycles. The molecule has 0 saturated heterocycles. The van der Waals surface area contributed by atoms with Gasteiger partial charge in [0.2, 0.25) is 0 Å². The summed E-state index contributed by atoms with van der Waals surface area (Å²) in [5, 5.41) is 3.57. The average molecular weight is 290 g/mol. The summed E-state index contributed by atoms with van der Waals surface area (Å²) in [6.07, 6.45) is 6.79. The summed E-state index contributed by atoms with van der Waals surface area (Å²) in [4.78, 5) is 10.6. The summed E-state index contributed by atoms with van der Waals surface area (Å²) in [6.45, 7) is 4.26. The third-order valence-corrected chi connectivity index (χ3v) is 4.25. The molecule has 0 radical (unpaired) electrons. The van der Waals surface area contributed by atoms with E-state index < -0.39 is 5.91 Å². The van der Waals surface area contributed by atoms with Gasteiger partial charge in [0.05, 0.1) is 0 Å². The van der Waals surface area contributed by atoms with Crippen molar-refractivity contribution >= 4 is 5.91 Å². The van der Waals surface area contributed by atoms with Crippen molar-refractivity contribution in [2.24, 2.45) is 11.1 Å². The quantitative estimate of drug-likeness (QED) is 0.811. The van der Waals surface area contributed by atoms with Crippen molar-refractivity contribution in [1.82, 2.24) is 5.32 Å². The molecule has 0 atom stereocenters. The van der Waals surface area contributed by atoms with Gasteiger partial charge in [-0.05, 0) is 36.0 Å². The number of carbonyl (C=O) groups excluding carboxylic acids is 1. The lowest BCUT2D eigenvalue weighted by Gasteiger charge is -2.33. The van der Waals surface area contributed by atoms with E-state index in [4.69, 9.17) is 10.5 Å². The second kappa shape index (κ2) is 7.46. The predicted octanol–water partition coefficient (Wildman–Crippen LogP) is 2.61. The van der Waals surface area contributed by atoms with Crippen LogP contribution in [0.1, 0.15) is 44.6 Å². The molecule has 21 heavy (non-hydrogen) atoms. The Morgan fingerprint density at radius 2 is 1.90 bits per heavy atom. The van der Waals surface area contributed by atoms with Gasteiger partial charge < -0.3 is 15.8 Å². The Kier molecular flexibility index (Phi) is 5.62. The Balaban J connectivity index is 1.74. The molecule has 1 aromatic rings. The maximum absolute atomic E-state index is 10.6. The number of primary amides is 1. The molecule has 1 amide bonds. The maximum atomic E-state index is 10.6. The molecule has 0 spiro atoms. The van der Waals surface area contributed by atoms with E-state index in [1.54, 1.807) is 0 Å². The third-order valence-electron chi connectivity index (χ3n) is 4.25. The summed E-state index contributed by atoms with van der Waals surface area (Å²) in [7, 11) is 0. The number of nitrogens with one attached hydrogen (secondary N) is 1. The van der Waals surface area contributed by atoms with Crippen molar-refractivity contribution in [3.63, 3.8) is 0 Å². The third kappa shape index (κ3) is 5.38. The van der Waals surface area contributed by atoms with Crippen molar-refractivity contribution in [1.29, 1.82) is 0 Å². The summed E-state index contributed by atoms with van der Waals surface area (Å²) >= 11 is 0. The lowest BCUT2D eigenvalue weighted by Crippen LogP contribution is -2.33. The van der Waals surface area contributed by atoms with Gasteiger partial charge >= 0.3 is 0 Å². The lowest BCUT2D eigenvalue weighted by atomic mass is 9.76. The van der Waals surface area contributed by atoms with Crippen LogP contribution >= 0.6 is 0 Å². The zero-order chi connectivity index (χ0) is 15.1. The summed E-state index contributed by atoms with van der Waals surface area (Å²) in [5.74, 6) is 0.221. The van der Waals surface area contributed by atoms with Crippen molar-refractivity contribution in [2.45, 2.75) is 45.6 Å². The zero-order valence-electron chi connectivity index (χ0n) is 12.9. The van der Waals surface area contributed by atoms with E-state index in [0.717, 1.165) is 13.1 Å². The monoisotopic (exact) mass is 290 g/mol. The molecule has 1 aliphatic carbocycles. The van der Waals surface area contributed by atoms with Crippen molar-refractivity contribution in [3.05, 3.63) is 29.8 Å². The van der Waals surface area contributed by atoms with Gasteiger partial charge in [0.25, 0.3) is 5.91 Å². The molecular formula is C17H26N2O2. The minimum absolute atomic E-state index is 0.0735. The van der Waals surface area contributed by atoms with Gasteiger partial charge in [-0.2, -0.15) is 0 Å². The van der Waals surface area contributed by atoms with Gasteiger partial charge in [-0.15, -0.1) is 0 Å². The molecule has 1 saturated carbocycles. The first kappa shape index (κ1) is 15.8. The Morgan fingerprint density at radius 1 is 1.24 bits per heavy atom. The number of carbonyl (C=O) groups is 1. The molecule has 4 nitrogen and oxygen atoms in total. The normalized spacial score (nSPS) is 17.4. The zero-order valence-corrected chi connectivity index (χ0v) is 12.9. The van der Waals surface area contributed by atoms with E-state index in [2.05, 4.69) is 12.2 Å². The van der Waals surface area contributed by atoms with Gasteiger partial charge in [0, 0.05) is 13.1 Å². The number of amides is 1. The number of rotatable bonds is 7. The van der Waals surface area contributed by atoms with E-state index in [1.165, 1.54) is 37.7 Å². The summed E-state index contributed by atoms with van der Waals surface area (Å²) in [5.41, 5.74) is 6.73. The van der Waals surface area contributed by atoms with Gasteiger partial charge in [-0.3, -0.25) is 4.79 Å². The maximum Gasteiger partial charge on any atom is 0.255 e. The highest BCUT2D eigenvalue weighted by Gasteiger charge is 2.25. The molecular weight excluding hydrogens is 264 g/mol. The fourth-order valence-electron chi connectivity index (χ4n) is 2.95. The number of hydrogen-bond acceptors (Lipinski definition) is 3. The largest absolute Gasteiger partial charge is 0.484 e. The van der Waals surface area contributed by atoms with Gasteiger partial charge in [-0.25, -0.2) is 0 Å². The fraction of sp³-hybridized carbons (Fsp3) is 0.588. The summed E-state index contributed by atoms with van der Waals surface area (Å²) in [6, 6.07) is 7.80. The highest BCUT2D eigenvalue weighted by Crippen LogP contribution is 2.34. The molecule has 1 fully saturated rings. The smallest absolute Gasteiger partial charge is 0.255 e. The van der Waals surface area contributed by atoms with E-state index >= 15 is 0 Å². The molecule has 0 aromatic heterocycles. The highest BCUT2D eigenvalue weighted by molar-refractivity contribution is 5.75. The van der Waals surface area contributed by atoms with Crippen LogP contribution in [0.5, 0.6) is 5.75 Å². The van der Waals surface area contributed by atoms with Crippen LogP contribution in [0, 0.1) is 5.41 Å². The summed E-state index contributed by atoms with van der Waals surface area (Å²) < 4.78 is 5.24. The second-order valence-corrected chi connectivity index (χ2v) is 6.37. The van der Waals surface area contributed by atoms with Gasteiger partial charge in [0.15, 0.2) is 6.61 Å². The van der Waals surface area contributed by atoms with Crippen LogP contribution in [0.25, 0.3) is 0 Å². The Bertz CT molecular complexity index is 450. The van der Waals surface area contributed by atoms with Crippen LogP contribution in [-0.4, -0.2) is 19.1 Å². The number of benzene rings is 1. The lowest BCUT2D eigenvalue weighted by molar-refractivity contribution is -0.119. The van der Waals surface area contributed by atoms with Crippen molar-refractivity contribution in [3.8, 4) is 5.75 Å². The second-order valence-electron chi connectivity index (χ2n) is 6.37. The Morgan fingerprint density at radius 3 is 2.52 bits per heavy atom. The minimum atomic E-state index is -0.457. The van der Waals surface area contributed by atoms with Gasteiger partial charge in [-0.1, -0.05) is 38.3 Å². The van der Waals surface area contributed by atoms with Gasteiger partial charge in [0.1, 0.15) is 5.75 Å². The molecule has 3 N–H and O–H groups in total. The van der Waals surface area contributed by atoms with Crippen LogP contribution in [0.4, 0.5) is 0 Å². The Hall–Kier alpha value is -1.55. The van der Waals surface area contributed by atoms with Crippen molar-refractivity contribution < 1.29 is 9.53 Å². The standard InChI is InChI=1S/C17H26N2O2/c1-17(9-3-2-4-10-17)13-19-11-14-5-7-15(8-6-14)21-12-16(18)20/h5-8,19H,2-4,9-13H2,1H3,(H2,18,20). The molecule has 4 heteroatoms. The fourth-order valence-corrected chi connectivity index (χ4v) is 2.95. The Labute approximate surface area is 127 Å². The van der Waals surface area contributed by atoms with Crippen molar-refractivity contribution in [2.75, 3.05) is 13.2 Å². The minimum Gasteiger partial charge on any atom is -0.484 e. The van der Waals surface area contributed by atoms with E-state index in [0.29, 0.717) is 11.2 Å². The first-order valence-electron chi connectivity index (χ1n) is 7.78. The topological polar surface area (TPSA) is 64.3 Å². The number of hydrogen-bond donors (Lipinski definition) is 2. The molecule has 0 aliphatic heterocycles. The van der Waals surface area contributed by atoms with Crippen LogP contribution in [0.15, 0.2) is 24.3 Å².